The standard InChI is InChI=1S/C15H17ClN4O2/c1-9(2)14-13(15(22)19-18-10(3)21)8-17-20(14)12-6-4-5-11(16)7-12/h4-9H,1-3H3,(H,18,21)(H,19,22). The molecule has 7 heteroatoms. The van der Waals surface area contributed by atoms with E-state index in [4.69, 9.17) is 11.6 Å². The summed E-state index contributed by atoms with van der Waals surface area (Å²) in [6, 6.07) is 7.23. The number of hydrazine groups is 1. The minimum Gasteiger partial charge on any atom is -0.274 e. The van der Waals surface area contributed by atoms with Crippen molar-refractivity contribution in [3.05, 3.63) is 46.7 Å². The summed E-state index contributed by atoms with van der Waals surface area (Å²) in [7, 11) is 0. The van der Waals surface area contributed by atoms with E-state index in [9.17, 15) is 9.59 Å². The zero-order valence-electron chi connectivity index (χ0n) is 12.6. The molecule has 6 nitrogen and oxygen atoms in total. The van der Waals surface area contributed by atoms with Gasteiger partial charge in [0, 0.05) is 11.9 Å². The zero-order chi connectivity index (χ0) is 16.3. The molecule has 1 aromatic heterocycles. The maximum atomic E-state index is 12.2. The molecule has 0 aliphatic heterocycles. The molecule has 2 aromatic rings. The van der Waals surface area contributed by atoms with Crippen LogP contribution in [0.15, 0.2) is 30.5 Å². The van der Waals surface area contributed by atoms with E-state index in [-0.39, 0.29) is 11.8 Å². The number of benzene rings is 1. The summed E-state index contributed by atoms with van der Waals surface area (Å²) in [5.74, 6) is -0.701. The number of nitrogens with one attached hydrogen (secondary N) is 2. The quantitative estimate of drug-likeness (QED) is 0.853. The molecule has 0 saturated carbocycles. The van der Waals surface area contributed by atoms with Gasteiger partial charge >= 0.3 is 0 Å². The molecule has 0 unspecified atom stereocenters. The molecule has 0 aliphatic rings. The maximum absolute atomic E-state index is 12.2. The molecule has 1 heterocycles. The lowest BCUT2D eigenvalue weighted by Gasteiger charge is -2.13. The van der Waals surface area contributed by atoms with Crippen LogP contribution in [0.3, 0.4) is 0 Å². The number of hydrogen-bond donors (Lipinski definition) is 2. The molecule has 1 aromatic carbocycles. The van der Waals surface area contributed by atoms with Gasteiger partial charge in [0.05, 0.1) is 23.1 Å². The van der Waals surface area contributed by atoms with Crippen LogP contribution in [0.4, 0.5) is 0 Å². The van der Waals surface area contributed by atoms with Gasteiger partial charge in [-0.1, -0.05) is 31.5 Å². The van der Waals surface area contributed by atoms with Crippen molar-refractivity contribution in [3.63, 3.8) is 0 Å². The Morgan fingerprint density at radius 1 is 1.27 bits per heavy atom. The molecule has 2 amide bonds. The summed E-state index contributed by atoms with van der Waals surface area (Å²) < 4.78 is 1.68. The van der Waals surface area contributed by atoms with Gasteiger partial charge in [0.2, 0.25) is 5.91 Å². The van der Waals surface area contributed by atoms with E-state index >= 15 is 0 Å². The van der Waals surface area contributed by atoms with Gasteiger partial charge in [-0.25, -0.2) is 4.68 Å². The third-order valence-electron chi connectivity index (χ3n) is 3.00. The molecular formula is C15H17ClN4O2. The van der Waals surface area contributed by atoms with Crippen molar-refractivity contribution in [3.8, 4) is 5.69 Å². The predicted octanol–water partition coefficient (Wildman–Crippen LogP) is 2.43. The van der Waals surface area contributed by atoms with Crippen molar-refractivity contribution < 1.29 is 9.59 Å². The van der Waals surface area contributed by atoms with Crippen molar-refractivity contribution in [1.29, 1.82) is 0 Å². The number of carbonyl (C=O) groups is 2. The smallest absolute Gasteiger partial charge is 0.273 e. The van der Waals surface area contributed by atoms with Gasteiger partial charge in [0.1, 0.15) is 0 Å². The van der Waals surface area contributed by atoms with Gasteiger partial charge in [-0.2, -0.15) is 5.10 Å². The maximum Gasteiger partial charge on any atom is 0.273 e. The average molecular weight is 321 g/mol. The van der Waals surface area contributed by atoms with E-state index in [2.05, 4.69) is 16.0 Å². The van der Waals surface area contributed by atoms with Crippen molar-refractivity contribution in [2.45, 2.75) is 26.7 Å². The highest BCUT2D eigenvalue weighted by Gasteiger charge is 2.21. The second-order valence-electron chi connectivity index (χ2n) is 5.13. The number of hydrogen-bond acceptors (Lipinski definition) is 3. The second kappa shape index (κ2) is 6.62. The van der Waals surface area contributed by atoms with Gasteiger partial charge < -0.3 is 0 Å². The van der Waals surface area contributed by atoms with Crippen LogP contribution in [0.1, 0.15) is 42.7 Å². The lowest BCUT2D eigenvalue weighted by molar-refractivity contribution is -0.119. The fourth-order valence-electron chi connectivity index (χ4n) is 2.11. The largest absolute Gasteiger partial charge is 0.274 e. The highest BCUT2D eigenvalue weighted by Crippen LogP contribution is 2.24. The Morgan fingerprint density at radius 3 is 2.59 bits per heavy atom. The van der Waals surface area contributed by atoms with Crippen molar-refractivity contribution in [2.24, 2.45) is 0 Å². The number of nitrogens with zero attached hydrogens (tertiary/aromatic N) is 2. The SMILES string of the molecule is CC(=O)NNC(=O)c1cnn(-c2cccc(Cl)c2)c1C(C)C. The Kier molecular flexibility index (Phi) is 4.82. The topological polar surface area (TPSA) is 76.0 Å². The molecule has 0 saturated heterocycles. The Bertz CT molecular complexity index is 709. The molecule has 0 aliphatic carbocycles. The third-order valence-corrected chi connectivity index (χ3v) is 3.24. The van der Waals surface area contributed by atoms with Crippen LogP contribution >= 0.6 is 11.6 Å². The van der Waals surface area contributed by atoms with Crippen LogP contribution < -0.4 is 10.9 Å². The summed E-state index contributed by atoms with van der Waals surface area (Å²) in [6.07, 6.45) is 1.48. The molecule has 0 atom stereocenters. The fourth-order valence-corrected chi connectivity index (χ4v) is 2.30. The first kappa shape index (κ1) is 16.0. The zero-order valence-corrected chi connectivity index (χ0v) is 13.3. The first-order valence-corrected chi connectivity index (χ1v) is 7.18. The second-order valence-corrected chi connectivity index (χ2v) is 5.56. The van der Waals surface area contributed by atoms with Crippen molar-refractivity contribution in [1.82, 2.24) is 20.6 Å². The summed E-state index contributed by atoms with van der Waals surface area (Å²) in [6.45, 7) is 5.25. The van der Waals surface area contributed by atoms with E-state index in [1.54, 1.807) is 16.8 Å². The summed E-state index contributed by atoms with van der Waals surface area (Å²) >= 11 is 6.01. The average Bonchev–Trinajstić information content (AvgIpc) is 2.89. The first-order chi connectivity index (χ1) is 10.4. The molecule has 0 radical (unpaired) electrons. The summed E-state index contributed by atoms with van der Waals surface area (Å²) in [4.78, 5) is 23.1. The molecular weight excluding hydrogens is 304 g/mol. The van der Waals surface area contributed by atoms with E-state index in [0.717, 1.165) is 11.4 Å². The van der Waals surface area contributed by atoms with E-state index in [0.29, 0.717) is 10.6 Å². The van der Waals surface area contributed by atoms with Crippen LogP contribution in [-0.4, -0.2) is 21.6 Å². The number of halogens is 1. The monoisotopic (exact) mass is 320 g/mol. The van der Waals surface area contributed by atoms with Crippen molar-refractivity contribution in [2.75, 3.05) is 0 Å². The normalized spacial score (nSPS) is 10.6. The minimum absolute atomic E-state index is 0.0551. The highest BCUT2D eigenvalue weighted by molar-refractivity contribution is 6.30. The van der Waals surface area contributed by atoms with E-state index < -0.39 is 5.91 Å². The Labute approximate surface area is 133 Å². The molecule has 116 valence electrons. The van der Waals surface area contributed by atoms with Crippen LogP contribution in [0.2, 0.25) is 5.02 Å². The van der Waals surface area contributed by atoms with Crippen LogP contribution in [0, 0.1) is 0 Å². The van der Waals surface area contributed by atoms with Crippen LogP contribution in [0.5, 0.6) is 0 Å². The summed E-state index contributed by atoms with van der Waals surface area (Å²) in [5, 5.41) is 4.87. The van der Waals surface area contributed by atoms with Gasteiger partial charge in [-0.05, 0) is 24.1 Å². The number of rotatable bonds is 3. The lowest BCUT2D eigenvalue weighted by Crippen LogP contribution is -2.40. The van der Waals surface area contributed by atoms with Crippen LogP contribution in [-0.2, 0) is 4.79 Å². The number of carbonyl (C=O) groups excluding carboxylic acids is 2. The minimum atomic E-state index is -0.410. The third kappa shape index (κ3) is 3.46. The van der Waals surface area contributed by atoms with E-state index in [1.807, 2.05) is 26.0 Å². The Hall–Kier alpha value is -2.34. The molecule has 2 N–H and O–H groups in total. The van der Waals surface area contributed by atoms with Gasteiger partial charge in [0.15, 0.2) is 0 Å². The molecule has 0 bridgehead atoms. The number of amides is 2. The van der Waals surface area contributed by atoms with Crippen molar-refractivity contribution >= 4 is 23.4 Å². The van der Waals surface area contributed by atoms with E-state index in [1.165, 1.54) is 13.1 Å². The highest BCUT2D eigenvalue weighted by atomic mass is 35.5. The molecule has 0 spiro atoms. The van der Waals surface area contributed by atoms with Crippen LogP contribution in [0.25, 0.3) is 5.69 Å². The molecule has 22 heavy (non-hydrogen) atoms. The first-order valence-electron chi connectivity index (χ1n) is 6.81. The number of aromatic nitrogens is 2. The summed E-state index contributed by atoms with van der Waals surface area (Å²) in [5.41, 5.74) is 6.54. The van der Waals surface area contributed by atoms with Gasteiger partial charge in [-0.3, -0.25) is 20.4 Å². The molecule has 2 rings (SSSR count). The Morgan fingerprint density at radius 2 is 2.00 bits per heavy atom. The fraction of sp³-hybridized carbons (Fsp3) is 0.267. The van der Waals surface area contributed by atoms with Gasteiger partial charge in [0.25, 0.3) is 5.91 Å². The van der Waals surface area contributed by atoms with Gasteiger partial charge in [-0.15, -0.1) is 0 Å². The Balaban J connectivity index is 2.41. The lowest BCUT2D eigenvalue weighted by atomic mass is 10.1. The predicted molar refractivity (Wildman–Crippen MR) is 83.9 cm³/mol. The molecule has 0 fully saturated rings.